The Balaban J connectivity index is 0.00000136. The van der Waals surface area contributed by atoms with Gasteiger partial charge in [-0.3, -0.25) is 0 Å². The summed E-state index contributed by atoms with van der Waals surface area (Å²) in [4.78, 5) is 0. The minimum Gasteiger partial charge on any atom is -0.456 e. The van der Waals surface area contributed by atoms with E-state index in [0.29, 0.717) is 39.5 Å². The van der Waals surface area contributed by atoms with Gasteiger partial charge in [0.2, 0.25) is 0 Å². The molecule has 1 aliphatic rings. The molecule has 0 saturated carbocycles. The molecular weight excluding hydrogens is 414 g/mol. The summed E-state index contributed by atoms with van der Waals surface area (Å²) in [5.74, 6) is 0.589. The highest BCUT2D eigenvalue weighted by Crippen LogP contribution is 2.37. The largest absolute Gasteiger partial charge is 0.456 e. The van der Waals surface area contributed by atoms with Crippen LogP contribution in [0.2, 0.25) is 0 Å². The van der Waals surface area contributed by atoms with Crippen LogP contribution in [0.15, 0.2) is 54.6 Å². The molecule has 0 unspecified atom stereocenters. The van der Waals surface area contributed by atoms with Gasteiger partial charge in [-0.15, -0.1) is 0 Å². The normalized spacial score (nSPS) is 11.0. The molecule has 3 aromatic carbocycles. The first-order valence-corrected chi connectivity index (χ1v) is 11.7. The molecule has 0 aliphatic carbocycles. The van der Waals surface area contributed by atoms with E-state index in [9.17, 15) is 8.78 Å². The second kappa shape index (κ2) is 15.0. The Morgan fingerprint density at radius 2 is 1.39 bits per heavy atom. The summed E-state index contributed by atoms with van der Waals surface area (Å²) >= 11 is 0. The molecule has 0 amide bonds. The number of fused-ring (bicyclic) bond motifs is 2. The van der Waals surface area contributed by atoms with Gasteiger partial charge in [-0.1, -0.05) is 84.9 Å². The predicted molar refractivity (Wildman–Crippen MR) is 140 cm³/mol. The molecule has 0 fully saturated rings. The third kappa shape index (κ3) is 6.54. The average Bonchev–Trinajstić information content (AvgIpc) is 2.86. The lowest BCUT2D eigenvalue weighted by Crippen LogP contribution is -2.22. The highest BCUT2D eigenvalue weighted by molar-refractivity contribution is 5.85. The van der Waals surface area contributed by atoms with Gasteiger partial charge in [0, 0.05) is 21.6 Å². The van der Waals surface area contributed by atoms with E-state index < -0.39 is 0 Å². The third-order valence-electron chi connectivity index (χ3n) is 4.76. The second-order valence-corrected chi connectivity index (χ2v) is 6.29. The maximum absolute atomic E-state index is 14.5. The molecule has 1 nitrogen and oxygen atoms in total. The molecule has 0 aromatic heterocycles. The van der Waals surface area contributed by atoms with E-state index in [0.717, 1.165) is 11.1 Å². The maximum atomic E-state index is 14.5. The van der Waals surface area contributed by atoms with Gasteiger partial charge in [0.05, 0.1) is 0 Å². The fourth-order valence-corrected chi connectivity index (χ4v) is 3.40. The van der Waals surface area contributed by atoms with Crippen LogP contribution >= 0.6 is 0 Å². The molecule has 180 valence electrons. The highest BCUT2D eigenvalue weighted by Gasteiger charge is 2.22. The van der Waals surface area contributed by atoms with Crippen molar-refractivity contribution in [3.05, 3.63) is 101 Å². The van der Waals surface area contributed by atoms with Crippen molar-refractivity contribution in [2.24, 2.45) is 0 Å². The molecule has 4 rings (SSSR count). The van der Waals surface area contributed by atoms with E-state index in [2.05, 4.69) is 0 Å². The average molecular weight is 454 g/mol. The summed E-state index contributed by atoms with van der Waals surface area (Å²) in [6.45, 7) is 15.7. The predicted octanol–water partition coefficient (Wildman–Crippen LogP) is 8.21. The van der Waals surface area contributed by atoms with Crippen molar-refractivity contribution >= 4 is 11.6 Å². The SMILES string of the molecule is C/C=c1/cc2c(cc1F)=C(c1ccccc1)c1cc(F)c(CC)cc1O2.CC.CC.CC.[CH3-]. The van der Waals surface area contributed by atoms with Gasteiger partial charge < -0.3 is 12.2 Å². The topological polar surface area (TPSA) is 9.23 Å². The van der Waals surface area contributed by atoms with Crippen molar-refractivity contribution in [3.8, 4) is 11.5 Å². The summed E-state index contributed by atoms with van der Waals surface area (Å²) in [7, 11) is 0. The lowest BCUT2D eigenvalue weighted by atomic mass is 9.91. The molecule has 3 aromatic rings. The van der Waals surface area contributed by atoms with Gasteiger partial charge in [0.1, 0.15) is 23.1 Å². The molecule has 1 aliphatic heterocycles. The molecule has 0 N–H and O–H groups in total. The van der Waals surface area contributed by atoms with Crippen LogP contribution in [-0.4, -0.2) is 0 Å². The van der Waals surface area contributed by atoms with E-state index >= 15 is 0 Å². The van der Waals surface area contributed by atoms with E-state index in [4.69, 9.17) is 4.74 Å². The Morgan fingerprint density at radius 3 is 1.94 bits per heavy atom. The van der Waals surface area contributed by atoms with Crippen LogP contribution in [0, 0.1) is 19.1 Å². The summed E-state index contributed by atoms with van der Waals surface area (Å²) in [5, 5.41) is 1.12. The Bertz CT molecular complexity index is 1120. The van der Waals surface area contributed by atoms with Crippen molar-refractivity contribution in [2.45, 2.75) is 61.8 Å². The first-order valence-electron chi connectivity index (χ1n) is 11.7. The Labute approximate surface area is 199 Å². The Morgan fingerprint density at radius 1 is 0.788 bits per heavy atom. The van der Waals surface area contributed by atoms with Crippen LogP contribution < -0.4 is 15.2 Å². The summed E-state index contributed by atoms with van der Waals surface area (Å²) < 4.78 is 35.0. The molecule has 33 heavy (non-hydrogen) atoms. The number of hydrogen-bond acceptors (Lipinski definition) is 1. The van der Waals surface area contributed by atoms with Crippen LogP contribution in [0.1, 0.15) is 72.1 Å². The fourth-order valence-electron chi connectivity index (χ4n) is 3.40. The van der Waals surface area contributed by atoms with Gasteiger partial charge in [0.25, 0.3) is 0 Å². The summed E-state index contributed by atoms with van der Waals surface area (Å²) in [6, 6.07) is 16.0. The monoisotopic (exact) mass is 453 g/mol. The number of rotatable bonds is 2. The second-order valence-electron chi connectivity index (χ2n) is 6.29. The zero-order valence-corrected chi connectivity index (χ0v) is 21.6. The van der Waals surface area contributed by atoms with E-state index in [-0.39, 0.29) is 19.1 Å². The third-order valence-corrected chi connectivity index (χ3v) is 4.76. The van der Waals surface area contributed by atoms with Crippen molar-refractivity contribution in [2.75, 3.05) is 0 Å². The molecule has 0 saturated heterocycles. The number of aryl methyl sites for hydroxylation is 1. The van der Waals surface area contributed by atoms with Gasteiger partial charge >= 0.3 is 0 Å². The fraction of sp³-hybridized carbons (Fsp3) is 0.300. The van der Waals surface area contributed by atoms with Crippen molar-refractivity contribution in [3.63, 3.8) is 0 Å². The number of benzene rings is 3. The molecule has 1 heterocycles. The van der Waals surface area contributed by atoms with Gasteiger partial charge in [-0.2, -0.15) is 0 Å². The zero-order valence-electron chi connectivity index (χ0n) is 21.6. The van der Waals surface area contributed by atoms with Crippen LogP contribution in [0.5, 0.6) is 11.5 Å². The molecule has 0 atom stereocenters. The van der Waals surface area contributed by atoms with Gasteiger partial charge in [-0.05, 0) is 48.7 Å². The lowest BCUT2D eigenvalue weighted by Gasteiger charge is -2.22. The Hall–Kier alpha value is -2.94. The number of hydrogen-bond donors (Lipinski definition) is 0. The number of halogens is 2. The number of ether oxygens (including phenoxy) is 1. The summed E-state index contributed by atoms with van der Waals surface area (Å²) in [6.07, 6.45) is 2.28. The zero-order chi connectivity index (χ0) is 24.3. The Kier molecular flexibility index (Phi) is 13.7. The highest BCUT2D eigenvalue weighted by atomic mass is 19.1. The van der Waals surface area contributed by atoms with Crippen molar-refractivity contribution in [1.82, 2.24) is 0 Å². The van der Waals surface area contributed by atoms with Gasteiger partial charge in [-0.25, -0.2) is 8.78 Å². The first kappa shape index (κ1) is 30.1. The smallest absolute Gasteiger partial charge is 0.136 e. The molecule has 0 bridgehead atoms. The first-order chi connectivity index (χ1) is 15.6. The van der Waals surface area contributed by atoms with Crippen molar-refractivity contribution in [1.29, 1.82) is 0 Å². The molecule has 3 heteroatoms. The van der Waals surface area contributed by atoms with E-state index in [1.54, 1.807) is 25.1 Å². The van der Waals surface area contributed by atoms with E-state index in [1.807, 2.05) is 78.8 Å². The van der Waals surface area contributed by atoms with E-state index in [1.165, 1.54) is 12.1 Å². The standard InChI is InChI=1S/C23H18F2O.3C2H6.CH3/c1-3-14-10-21-17(12-19(14)24)23(16-8-6-5-7-9-16)18-13-20(25)15(4-2)11-22(18)26-21;3*1-2;/h3,5-13H,4H2,1-2H3;3*1-2H3;1H3/q;;;;-1/b14-3-;;;;. The van der Waals surface area contributed by atoms with Crippen LogP contribution in [0.25, 0.3) is 11.6 Å². The van der Waals surface area contributed by atoms with Crippen LogP contribution in [-0.2, 0) is 6.42 Å². The van der Waals surface area contributed by atoms with Crippen LogP contribution in [0.4, 0.5) is 8.78 Å². The molecule has 0 spiro atoms. The minimum atomic E-state index is -0.322. The molecular formula is C30H39F2O-. The lowest BCUT2D eigenvalue weighted by molar-refractivity contribution is 0.465. The van der Waals surface area contributed by atoms with Crippen LogP contribution in [0.3, 0.4) is 0 Å². The quantitative estimate of drug-likeness (QED) is 0.278. The summed E-state index contributed by atoms with van der Waals surface area (Å²) in [5.41, 5.74) is 2.93. The minimum absolute atomic E-state index is 0. The van der Waals surface area contributed by atoms with Gasteiger partial charge in [0.15, 0.2) is 0 Å². The van der Waals surface area contributed by atoms with Crippen molar-refractivity contribution < 1.29 is 13.5 Å². The maximum Gasteiger partial charge on any atom is 0.136 e. The molecule has 0 radical (unpaired) electrons.